The molecule has 0 aliphatic carbocycles. The molecule has 0 aliphatic rings. The van der Waals surface area contributed by atoms with Gasteiger partial charge in [-0.1, -0.05) is 37.3 Å². The number of nitrogens with two attached hydrogens (primary N) is 1. The molecule has 1 unspecified atom stereocenters. The highest BCUT2D eigenvalue weighted by molar-refractivity contribution is 7.98. The Kier molecular flexibility index (Phi) is 7.70. The minimum atomic E-state index is -0.389. The van der Waals surface area contributed by atoms with Crippen LogP contribution in [0.2, 0.25) is 0 Å². The summed E-state index contributed by atoms with van der Waals surface area (Å²) >= 11 is 1.73. The van der Waals surface area contributed by atoms with Crippen LogP contribution in [0.25, 0.3) is 0 Å². The Bertz CT molecular complexity index is 397. The summed E-state index contributed by atoms with van der Waals surface area (Å²) in [4.78, 5) is 14.5. The van der Waals surface area contributed by atoms with E-state index in [0.717, 1.165) is 24.2 Å². The Labute approximate surface area is 126 Å². The number of hydrogen-bond donors (Lipinski definition) is 1. The van der Waals surface area contributed by atoms with Crippen molar-refractivity contribution in [3.8, 4) is 0 Å². The van der Waals surface area contributed by atoms with E-state index in [9.17, 15) is 4.79 Å². The lowest BCUT2D eigenvalue weighted by Gasteiger charge is -2.31. The monoisotopic (exact) mass is 294 g/mol. The first-order valence-electron chi connectivity index (χ1n) is 7.19. The Balaban J connectivity index is 2.76. The molecule has 0 saturated heterocycles. The molecule has 2 atom stereocenters. The molecule has 0 fully saturated rings. The fraction of sp³-hybridized carbons (Fsp3) is 0.562. The van der Waals surface area contributed by atoms with Crippen molar-refractivity contribution >= 4 is 17.7 Å². The zero-order valence-electron chi connectivity index (χ0n) is 12.7. The molecule has 0 heterocycles. The third kappa shape index (κ3) is 5.17. The largest absolute Gasteiger partial charge is 0.334 e. The second-order valence-electron chi connectivity index (χ2n) is 5.10. The maximum atomic E-state index is 12.5. The smallest absolute Gasteiger partial charge is 0.240 e. The molecule has 4 heteroatoms. The first-order chi connectivity index (χ1) is 9.60. The second kappa shape index (κ2) is 9.03. The van der Waals surface area contributed by atoms with Crippen molar-refractivity contribution in [2.75, 3.05) is 12.0 Å². The quantitative estimate of drug-likeness (QED) is 0.802. The van der Waals surface area contributed by atoms with Gasteiger partial charge >= 0.3 is 0 Å². The Morgan fingerprint density at radius 1 is 1.35 bits per heavy atom. The van der Waals surface area contributed by atoms with Gasteiger partial charge in [0.05, 0.1) is 6.04 Å². The molecule has 0 saturated carbocycles. The summed E-state index contributed by atoms with van der Waals surface area (Å²) in [6, 6.07) is 9.92. The van der Waals surface area contributed by atoms with Gasteiger partial charge in [-0.05, 0) is 37.3 Å². The van der Waals surface area contributed by atoms with E-state index in [-0.39, 0.29) is 18.0 Å². The zero-order chi connectivity index (χ0) is 15.0. The van der Waals surface area contributed by atoms with E-state index in [2.05, 4.69) is 26.0 Å². The van der Waals surface area contributed by atoms with Crippen molar-refractivity contribution in [1.29, 1.82) is 0 Å². The molecule has 0 aliphatic heterocycles. The van der Waals surface area contributed by atoms with Gasteiger partial charge in [0.2, 0.25) is 5.91 Å². The van der Waals surface area contributed by atoms with Gasteiger partial charge in [-0.3, -0.25) is 4.79 Å². The van der Waals surface area contributed by atoms with E-state index in [1.165, 1.54) is 0 Å². The SMILES string of the molecule is CCC(C)N(Cc1ccccc1)C(=O)[C@@H](N)CCSC. The van der Waals surface area contributed by atoms with Crippen molar-refractivity contribution in [1.82, 2.24) is 4.90 Å². The molecule has 0 aromatic heterocycles. The Morgan fingerprint density at radius 2 is 2.00 bits per heavy atom. The summed E-state index contributed by atoms with van der Waals surface area (Å²) in [6.07, 6.45) is 3.71. The van der Waals surface area contributed by atoms with Gasteiger partial charge in [-0.15, -0.1) is 0 Å². The molecule has 112 valence electrons. The number of carbonyl (C=O) groups excluding carboxylic acids is 1. The van der Waals surface area contributed by atoms with Crippen LogP contribution in [0.4, 0.5) is 0 Å². The van der Waals surface area contributed by atoms with E-state index in [0.29, 0.717) is 6.54 Å². The average Bonchev–Trinajstić information content (AvgIpc) is 2.49. The summed E-state index contributed by atoms with van der Waals surface area (Å²) in [5.41, 5.74) is 7.20. The molecule has 0 spiro atoms. The summed E-state index contributed by atoms with van der Waals surface area (Å²) in [7, 11) is 0. The lowest BCUT2D eigenvalue weighted by Crippen LogP contribution is -2.47. The molecular weight excluding hydrogens is 268 g/mol. The minimum Gasteiger partial charge on any atom is -0.334 e. The summed E-state index contributed by atoms with van der Waals surface area (Å²) < 4.78 is 0. The van der Waals surface area contributed by atoms with Crippen LogP contribution < -0.4 is 5.73 Å². The molecule has 1 amide bonds. The van der Waals surface area contributed by atoms with Crippen LogP contribution in [-0.2, 0) is 11.3 Å². The first kappa shape index (κ1) is 17.1. The summed E-state index contributed by atoms with van der Waals surface area (Å²) in [5.74, 6) is 0.990. The third-order valence-corrected chi connectivity index (χ3v) is 4.20. The minimum absolute atomic E-state index is 0.0669. The number of rotatable bonds is 8. The fourth-order valence-corrected chi connectivity index (χ4v) is 2.52. The van der Waals surface area contributed by atoms with Gasteiger partial charge in [-0.25, -0.2) is 0 Å². The fourth-order valence-electron chi connectivity index (χ4n) is 2.03. The van der Waals surface area contributed by atoms with Gasteiger partial charge in [0.25, 0.3) is 0 Å². The van der Waals surface area contributed by atoms with Gasteiger partial charge in [0, 0.05) is 12.6 Å². The van der Waals surface area contributed by atoms with E-state index in [4.69, 9.17) is 5.73 Å². The van der Waals surface area contributed by atoms with Gasteiger partial charge < -0.3 is 10.6 Å². The van der Waals surface area contributed by atoms with Crippen LogP contribution in [0.1, 0.15) is 32.3 Å². The first-order valence-corrected chi connectivity index (χ1v) is 8.58. The molecule has 0 bridgehead atoms. The number of hydrogen-bond acceptors (Lipinski definition) is 3. The Morgan fingerprint density at radius 3 is 2.55 bits per heavy atom. The van der Waals surface area contributed by atoms with E-state index in [1.807, 2.05) is 29.4 Å². The predicted octanol–water partition coefficient (Wildman–Crippen LogP) is 2.89. The number of benzene rings is 1. The van der Waals surface area contributed by atoms with Crippen LogP contribution in [0, 0.1) is 0 Å². The van der Waals surface area contributed by atoms with Crippen LogP contribution in [-0.4, -0.2) is 34.9 Å². The van der Waals surface area contributed by atoms with Crippen molar-refractivity contribution in [3.63, 3.8) is 0 Å². The maximum absolute atomic E-state index is 12.5. The molecule has 1 aromatic carbocycles. The van der Waals surface area contributed by atoms with Crippen LogP contribution in [0.5, 0.6) is 0 Å². The predicted molar refractivity (Wildman–Crippen MR) is 87.7 cm³/mol. The second-order valence-corrected chi connectivity index (χ2v) is 6.08. The van der Waals surface area contributed by atoms with Gasteiger partial charge in [-0.2, -0.15) is 11.8 Å². The molecule has 2 N–H and O–H groups in total. The van der Waals surface area contributed by atoms with Crippen LogP contribution in [0.3, 0.4) is 0 Å². The number of carbonyl (C=O) groups is 1. The highest BCUT2D eigenvalue weighted by Crippen LogP contribution is 2.13. The number of thioether (sulfide) groups is 1. The van der Waals surface area contributed by atoms with Crippen molar-refractivity contribution in [2.45, 2.75) is 45.3 Å². The van der Waals surface area contributed by atoms with Crippen LogP contribution in [0.15, 0.2) is 30.3 Å². The summed E-state index contributed by atoms with van der Waals surface area (Å²) in [5, 5.41) is 0. The molecule has 3 nitrogen and oxygen atoms in total. The topological polar surface area (TPSA) is 46.3 Å². The molecule has 0 radical (unpaired) electrons. The van der Waals surface area contributed by atoms with E-state index < -0.39 is 0 Å². The molecule has 1 aromatic rings. The standard InChI is InChI=1S/C16H26N2OS/c1-4-13(2)18(12-14-8-6-5-7-9-14)16(19)15(17)10-11-20-3/h5-9,13,15H,4,10-12,17H2,1-3H3/t13?,15-/m0/s1. The lowest BCUT2D eigenvalue weighted by atomic mass is 10.1. The highest BCUT2D eigenvalue weighted by Gasteiger charge is 2.24. The molecule has 20 heavy (non-hydrogen) atoms. The van der Waals surface area contributed by atoms with Crippen molar-refractivity contribution < 1.29 is 4.79 Å². The van der Waals surface area contributed by atoms with Gasteiger partial charge in [0.15, 0.2) is 0 Å². The van der Waals surface area contributed by atoms with Crippen LogP contribution >= 0.6 is 11.8 Å². The van der Waals surface area contributed by atoms with E-state index in [1.54, 1.807) is 11.8 Å². The number of amides is 1. The average molecular weight is 294 g/mol. The maximum Gasteiger partial charge on any atom is 0.240 e. The molecule has 1 rings (SSSR count). The van der Waals surface area contributed by atoms with Gasteiger partial charge in [0.1, 0.15) is 0 Å². The summed E-state index contributed by atoms with van der Waals surface area (Å²) in [6.45, 7) is 4.83. The van der Waals surface area contributed by atoms with Crippen molar-refractivity contribution in [2.24, 2.45) is 5.73 Å². The number of nitrogens with zero attached hydrogens (tertiary/aromatic N) is 1. The third-order valence-electron chi connectivity index (χ3n) is 3.55. The Hall–Kier alpha value is -1.00. The zero-order valence-corrected chi connectivity index (χ0v) is 13.5. The van der Waals surface area contributed by atoms with E-state index >= 15 is 0 Å². The molecular formula is C16H26N2OS. The normalized spacial score (nSPS) is 13.8. The lowest BCUT2D eigenvalue weighted by molar-refractivity contribution is -0.135. The van der Waals surface area contributed by atoms with Crippen molar-refractivity contribution in [3.05, 3.63) is 35.9 Å². The highest BCUT2D eigenvalue weighted by atomic mass is 32.2.